The highest BCUT2D eigenvalue weighted by molar-refractivity contribution is 6.34. The van der Waals surface area contributed by atoms with Gasteiger partial charge in [-0.3, -0.25) is 4.79 Å². The summed E-state index contributed by atoms with van der Waals surface area (Å²) in [4.78, 5) is 12.5. The van der Waals surface area contributed by atoms with E-state index in [1.54, 1.807) is 12.1 Å². The van der Waals surface area contributed by atoms with E-state index in [1.165, 1.54) is 11.1 Å². The summed E-state index contributed by atoms with van der Waals surface area (Å²) in [7, 11) is 0. The lowest BCUT2D eigenvalue weighted by molar-refractivity contribution is 0.103. The largest absolute Gasteiger partial charge is 0.289 e. The standard InChI is InChI=1S/C17H17ClO/c1-3-12-9-10-14(11-13(12)4-2)17(19)15-7-5-6-8-16(15)18/h5-11H,3-4H2,1-2H3. The molecule has 0 aromatic heterocycles. The fraction of sp³-hybridized carbons (Fsp3) is 0.235. The van der Waals surface area contributed by atoms with E-state index in [2.05, 4.69) is 13.8 Å². The first-order valence-corrected chi connectivity index (χ1v) is 6.96. The van der Waals surface area contributed by atoms with Crippen LogP contribution >= 0.6 is 11.6 Å². The summed E-state index contributed by atoms with van der Waals surface area (Å²) in [6, 6.07) is 13.1. The molecule has 0 aliphatic rings. The van der Waals surface area contributed by atoms with Gasteiger partial charge in [-0.1, -0.05) is 49.7 Å². The van der Waals surface area contributed by atoms with Gasteiger partial charge in [0.2, 0.25) is 0 Å². The molecule has 0 aliphatic heterocycles. The maximum absolute atomic E-state index is 12.5. The lowest BCUT2D eigenvalue weighted by Gasteiger charge is -2.09. The van der Waals surface area contributed by atoms with E-state index < -0.39 is 0 Å². The van der Waals surface area contributed by atoms with Gasteiger partial charge in [0.25, 0.3) is 0 Å². The predicted octanol–water partition coefficient (Wildman–Crippen LogP) is 4.70. The van der Waals surface area contributed by atoms with Gasteiger partial charge in [-0.05, 0) is 42.2 Å². The summed E-state index contributed by atoms with van der Waals surface area (Å²) in [5.41, 5.74) is 3.82. The van der Waals surface area contributed by atoms with Crippen LogP contribution in [0.3, 0.4) is 0 Å². The Kier molecular flexibility index (Phi) is 4.39. The zero-order valence-corrected chi connectivity index (χ0v) is 12.0. The number of hydrogen-bond acceptors (Lipinski definition) is 1. The number of halogens is 1. The average Bonchev–Trinajstić information content (AvgIpc) is 2.46. The first kappa shape index (κ1) is 13.8. The van der Waals surface area contributed by atoms with E-state index in [-0.39, 0.29) is 5.78 Å². The molecule has 2 heteroatoms. The molecule has 0 heterocycles. The van der Waals surface area contributed by atoms with Gasteiger partial charge in [0.1, 0.15) is 0 Å². The Labute approximate surface area is 119 Å². The molecule has 2 aromatic carbocycles. The summed E-state index contributed by atoms with van der Waals surface area (Å²) in [5.74, 6) is -0.0112. The molecule has 2 rings (SSSR count). The molecule has 0 saturated carbocycles. The van der Waals surface area contributed by atoms with Gasteiger partial charge < -0.3 is 0 Å². The first-order valence-electron chi connectivity index (χ1n) is 6.58. The SMILES string of the molecule is CCc1ccc(C(=O)c2ccccc2Cl)cc1CC. The highest BCUT2D eigenvalue weighted by Crippen LogP contribution is 2.21. The van der Waals surface area contributed by atoms with Crippen molar-refractivity contribution in [1.29, 1.82) is 0 Å². The molecule has 19 heavy (non-hydrogen) atoms. The Morgan fingerprint density at radius 1 is 1.00 bits per heavy atom. The molecule has 0 saturated heterocycles. The number of aryl methyl sites for hydroxylation is 2. The smallest absolute Gasteiger partial charge is 0.194 e. The van der Waals surface area contributed by atoms with Crippen LogP contribution in [0.25, 0.3) is 0 Å². The molecule has 0 radical (unpaired) electrons. The molecule has 0 N–H and O–H groups in total. The lowest BCUT2D eigenvalue weighted by Crippen LogP contribution is -2.04. The van der Waals surface area contributed by atoms with Crippen LogP contribution in [0.5, 0.6) is 0 Å². The first-order chi connectivity index (χ1) is 9.17. The number of hydrogen-bond donors (Lipinski definition) is 0. The predicted molar refractivity (Wildman–Crippen MR) is 80.1 cm³/mol. The molecule has 98 valence electrons. The van der Waals surface area contributed by atoms with E-state index >= 15 is 0 Å². The Hall–Kier alpha value is -1.60. The van der Waals surface area contributed by atoms with Crippen molar-refractivity contribution >= 4 is 17.4 Å². The number of carbonyl (C=O) groups is 1. The Balaban J connectivity index is 2.42. The van der Waals surface area contributed by atoms with Gasteiger partial charge in [-0.2, -0.15) is 0 Å². The Morgan fingerprint density at radius 2 is 1.68 bits per heavy atom. The van der Waals surface area contributed by atoms with Crippen LogP contribution in [0.15, 0.2) is 42.5 Å². The second kappa shape index (κ2) is 6.03. The fourth-order valence-corrected chi connectivity index (χ4v) is 2.46. The number of rotatable bonds is 4. The second-order valence-corrected chi connectivity index (χ2v) is 4.91. The molecule has 0 bridgehead atoms. The highest BCUT2D eigenvalue weighted by Gasteiger charge is 2.13. The number of benzene rings is 2. The molecule has 1 nitrogen and oxygen atoms in total. The third kappa shape index (κ3) is 2.87. The minimum Gasteiger partial charge on any atom is -0.289 e. The number of ketones is 1. The van der Waals surface area contributed by atoms with Crippen molar-refractivity contribution in [3.05, 3.63) is 69.7 Å². The van der Waals surface area contributed by atoms with Gasteiger partial charge >= 0.3 is 0 Å². The van der Waals surface area contributed by atoms with Gasteiger partial charge in [0.15, 0.2) is 5.78 Å². The average molecular weight is 273 g/mol. The Bertz CT molecular complexity index is 602. The van der Waals surface area contributed by atoms with Crippen molar-refractivity contribution in [3.63, 3.8) is 0 Å². The van der Waals surface area contributed by atoms with Crippen molar-refractivity contribution in [2.24, 2.45) is 0 Å². The van der Waals surface area contributed by atoms with Crippen molar-refractivity contribution in [3.8, 4) is 0 Å². The summed E-state index contributed by atoms with van der Waals surface area (Å²) in [6.07, 6.45) is 1.93. The summed E-state index contributed by atoms with van der Waals surface area (Å²) in [5, 5.41) is 0.505. The van der Waals surface area contributed by atoms with Crippen LogP contribution in [-0.2, 0) is 12.8 Å². The van der Waals surface area contributed by atoms with Gasteiger partial charge in [-0.15, -0.1) is 0 Å². The molecule has 0 spiro atoms. The maximum Gasteiger partial charge on any atom is 0.194 e. The molecule has 2 aromatic rings. The summed E-state index contributed by atoms with van der Waals surface area (Å²) >= 11 is 6.08. The zero-order chi connectivity index (χ0) is 13.8. The van der Waals surface area contributed by atoms with Crippen LogP contribution in [0.4, 0.5) is 0 Å². The molecule has 0 atom stereocenters. The van der Waals surface area contributed by atoms with Crippen LogP contribution in [0, 0.1) is 0 Å². The van der Waals surface area contributed by atoms with Gasteiger partial charge in [-0.25, -0.2) is 0 Å². The summed E-state index contributed by atoms with van der Waals surface area (Å²) in [6.45, 7) is 4.24. The van der Waals surface area contributed by atoms with Crippen LogP contribution < -0.4 is 0 Å². The van der Waals surface area contributed by atoms with E-state index in [1.807, 2.05) is 30.3 Å². The quantitative estimate of drug-likeness (QED) is 0.738. The van der Waals surface area contributed by atoms with Crippen molar-refractivity contribution in [2.45, 2.75) is 26.7 Å². The third-order valence-electron chi connectivity index (χ3n) is 3.35. The van der Waals surface area contributed by atoms with Gasteiger partial charge in [0.05, 0.1) is 5.02 Å². The normalized spacial score (nSPS) is 10.5. The van der Waals surface area contributed by atoms with E-state index in [0.717, 1.165) is 12.8 Å². The Morgan fingerprint density at radius 3 is 2.32 bits per heavy atom. The van der Waals surface area contributed by atoms with Crippen LogP contribution in [-0.4, -0.2) is 5.78 Å². The molecule has 0 amide bonds. The zero-order valence-electron chi connectivity index (χ0n) is 11.2. The van der Waals surface area contributed by atoms with Gasteiger partial charge in [0, 0.05) is 11.1 Å². The monoisotopic (exact) mass is 272 g/mol. The minimum atomic E-state index is -0.0112. The lowest BCUT2D eigenvalue weighted by atomic mass is 9.96. The molecule has 0 unspecified atom stereocenters. The number of carbonyl (C=O) groups excluding carboxylic acids is 1. The van der Waals surface area contributed by atoms with E-state index in [4.69, 9.17) is 11.6 Å². The molecular weight excluding hydrogens is 256 g/mol. The highest BCUT2D eigenvalue weighted by atomic mass is 35.5. The van der Waals surface area contributed by atoms with Crippen LogP contribution in [0.1, 0.15) is 40.9 Å². The molecule has 0 fully saturated rings. The molecule has 0 aliphatic carbocycles. The van der Waals surface area contributed by atoms with Crippen molar-refractivity contribution in [2.75, 3.05) is 0 Å². The van der Waals surface area contributed by atoms with E-state index in [9.17, 15) is 4.79 Å². The third-order valence-corrected chi connectivity index (χ3v) is 3.68. The fourth-order valence-electron chi connectivity index (χ4n) is 2.24. The summed E-state index contributed by atoms with van der Waals surface area (Å²) < 4.78 is 0. The topological polar surface area (TPSA) is 17.1 Å². The van der Waals surface area contributed by atoms with Crippen molar-refractivity contribution in [1.82, 2.24) is 0 Å². The van der Waals surface area contributed by atoms with Crippen molar-refractivity contribution < 1.29 is 4.79 Å². The second-order valence-electron chi connectivity index (χ2n) is 4.50. The van der Waals surface area contributed by atoms with E-state index in [0.29, 0.717) is 16.1 Å². The maximum atomic E-state index is 12.5. The molecular formula is C17H17ClO. The minimum absolute atomic E-state index is 0.0112. The van der Waals surface area contributed by atoms with Crippen LogP contribution in [0.2, 0.25) is 5.02 Å².